The molecule has 2 rings (SSSR count). The number of rotatable bonds is 5. The molecule has 0 fully saturated rings. The van der Waals surface area contributed by atoms with Crippen LogP contribution in [-0.4, -0.2) is 21.6 Å². The molecule has 0 amide bonds. The molecule has 0 spiro atoms. The number of ether oxygens (including phenoxy) is 1. The maximum atomic E-state index is 11.8. The normalized spacial score (nSPS) is 10.9. The first-order valence-electron chi connectivity index (χ1n) is 6.94. The van der Waals surface area contributed by atoms with Gasteiger partial charge in [0.1, 0.15) is 5.82 Å². The molecule has 0 aliphatic heterocycles. The number of carbonyl (C=O) groups excluding carboxylic acids is 1. The molecule has 1 heterocycles. The van der Waals surface area contributed by atoms with Gasteiger partial charge in [0, 0.05) is 24.0 Å². The van der Waals surface area contributed by atoms with Crippen LogP contribution in [0, 0.1) is 6.92 Å². The molecule has 0 unspecified atom stereocenters. The molecule has 1 aromatic carbocycles. The Morgan fingerprint density at radius 1 is 1.43 bits per heavy atom. The van der Waals surface area contributed by atoms with Crippen molar-refractivity contribution in [2.24, 2.45) is 0 Å². The summed E-state index contributed by atoms with van der Waals surface area (Å²) in [6.45, 7) is 6.41. The quantitative estimate of drug-likeness (QED) is 0.792. The van der Waals surface area contributed by atoms with E-state index in [0.29, 0.717) is 10.6 Å². The highest BCUT2D eigenvalue weighted by Gasteiger charge is 2.11. The molecule has 0 saturated carbocycles. The van der Waals surface area contributed by atoms with E-state index in [1.807, 2.05) is 33.0 Å². The highest BCUT2D eigenvalue weighted by molar-refractivity contribution is 6.31. The lowest BCUT2D eigenvalue weighted by molar-refractivity contribution is 0.0378. The van der Waals surface area contributed by atoms with E-state index in [1.165, 1.54) is 0 Å². The van der Waals surface area contributed by atoms with E-state index in [4.69, 9.17) is 16.3 Å². The van der Waals surface area contributed by atoms with Crippen molar-refractivity contribution in [3.05, 3.63) is 52.6 Å². The van der Waals surface area contributed by atoms with Gasteiger partial charge < -0.3 is 9.30 Å². The summed E-state index contributed by atoms with van der Waals surface area (Å²) >= 11 is 6.26. The van der Waals surface area contributed by atoms with Crippen LogP contribution in [0.2, 0.25) is 5.02 Å². The highest BCUT2D eigenvalue weighted by atomic mass is 35.5. The number of halogens is 1. The number of hydrogen-bond acceptors (Lipinski definition) is 3. The Kier molecular flexibility index (Phi) is 5.02. The van der Waals surface area contributed by atoms with E-state index in [1.54, 1.807) is 18.3 Å². The van der Waals surface area contributed by atoms with Crippen molar-refractivity contribution in [3.8, 4) is 0 Å². The number of benzene rings is 1. The Morgan fingerprint density at radius 3 is 2.76 bits per heavy atom. The molecular formula is C16H19ClN2O2. The summed E-state index contributed by atoms with van der Waals surface area (Å²) in [5, 5.41) is 0.589. The smallest absolute Gasteiger partial charge is 0.338 e. The molecule has 0 radical (unpaired) electrons. The van der Waals surface area contributed by atoms with Crippen molar-refractivity contribution in [2.45, 2.75) is 39.8 Å². The first-order chi connectivity index (χ1) is 9.97. The van der Waals surface area contributed by atoms with Gasteiger partial charge in [-0.05, 0) is 44.9 Å². The Labute approximate surface area is 129 Å². The number of nitrogens with zero attached hydrogens (tertiary/aromatic N) is 2. The van der Waals surface area contributed by atoms with Crippen molar-refractivity contribution in [3.63, 3.8) is 0 Å². The number of aryl methyl sites for hydroxylation is 3. The monoisotopic (exact) mass is 306 g/mol. The molecule has 0 atom stereocenters. The van der Waals surface area contributed by atoms with Crippen molar-refractivity contribution in [1.82, 2.24) is 9.55 Å². The minimum atomic E-state index is -0.344. The van der Waals surface area contributed by atoms with Gasteiger partial charge >= 0.3 is 5.97 Å². The van der Waals surface area contributed by atoms with Crippen molar-refractivity contribution < 1.29 is 9.53 Å². The third kappa shape index (κ3) is 4.08. The first kappa shape index (κ1) is 15.6. The van der Waals surface area contributed by atoms with Crippen molar-refractivity contribution in [2.75, 3.05) is 0 Å². The van der Waals surface area contributed by atoms with Gasteiger partial charge in [-0.3, -0.25) is 0 Å². The van der Waals surface area contributed by atoms with E-state index >= 15 is 0 Å². The second kappa shape index (κ2) is 6.76. The molecule has 112 valence electrons. The fraction of sp³-hybridized carbons (Fsp3) is 0.375. The van der Waals surface area contributed by atoms with Gasteiger partial charge in [0.25, 0.3) is 0 Å². The van der Waals surface area contributed by atoms with E-state index < -0.39 is 0 Å². The van der Waals surface area contributed by atoms with Crippen LogP contribution in [0.1, 0.15) is 35.6 Å². The lowest BCUT2D eigenvalue weighted by Gasteiger charge is -2.10. The van der Waals surface area contributed by atoms with Crippen LogP contribution in [0.3, 0.4) is 0 Å². The molecule has 21 heavy (non-hydrogen) atoms. The summed E-state index contributed by atoms with van der Waals surface area (Å²) in [4.78, 5) is 16.0. The van der Waals surface area contributed by atoms with Gasteiger partial charge in [-0.1, -0.05) is 17.7 Å². The SMILES string of the molecule is Cc1nccn1CCc1ccc(C(=O)OC(C)C)cc1Cl. The molecule has 0 aliphatic rings. The molecular weight excluding hydrogens is 288 g/mol. The molecule has 5 heteroatoms. The molecule has 1 aromatic heterocycles. The van der Waals surface area contributed by atoms with Crippen LogP contribution in [-0.2, 0) is 17.7 Å². The predicted molar refractivity (Wildman–Crippen MR) is 82.7 cm³/mol. The van der Waals surface area contributed by atoms with Crippen LogP contribution in [0.5, 0.6) is 0 Å². The van der Waals surface area contributed by atoms with Crippen LogP contribution in [0.4, 0.5) is 0 Å². The lowest BCUT2D eigenvalue weighted by atomic mass is 10.1. The van der Waals surface area contributed by atoms with Gasteiger partial charge in [-0.2, -0.15) is 0 Å². The zero-order valence-electron chi connectivity index (χ0n) is 12.5. The van der Waals surface area contributed by atoms with Crippen LogP contribution in [0.15, 0.2) is 30.6 Å². The number of esters is 1. The van der Waals surface area contributed by atoms with Crippen LogP contribution < -0.4 is 0 Å². The molecule has 0 saturated heterocycles. The molecule has 4 nitrogen and oxygen atoms in total. The van der Waals surface area contributed by atoms with Crippen molar-refractivity contribution in [1.29, 1.82) is 0 Å². The second-order valence-corrected chi connectivity index (χ2v) is 5.59. The number of carbonyl (C=O) groups is 1. The van der Waals surface area contributed by atoms with Crippen molar-refractivity contribution >= 4 is 17.6 Å². The first-order valence-corrected chi connectivity index (χ1v) is 7.32. The van der Waals surface area contributed by atoms with Gasteiger partial charge in [-0.25, -0.2) is 9.78 Å². The molecule has 2 aromatic rings. The van der Waals surface area contributed by atoms with Gasteiger partial charge in [0.2, 0.25) is 0 Å². The fourth-order valence-electron chi connectivity index (χ4n) is 2.04. The fourth-order valence-corrected chi connectivity index (χ4v) is 2.32. The maximum absolute atomic E-state index is 11.8. The Balaban J connectivity index is 2.05. The maximum Gasteiger partial charge on any atom is 0.338 e. The van der Waals surface area contributed by atoms with E-state index in [-0.39, 0.29) is 12.1 Å². The summed E-state index contributed by atoms with van der Waals surface area (Å²) in [7, 11) is 0. The molecule has 0 N–H and O–H groups in total. The van der Waals surface area contributed by atoms with Crippen LogP contribution >= 0.6 is 11.6 Å². The molecule has 0 bridgehead atoms. The second-order valence-electron chi connectivity index (χ2n) is 5.18. The summed E-state index contributed by atoms with van der Waals surface area (Å²) in [5.41, 5.74) is 1.49. The van der Waals surface area contributed by atoms with Gasteiger partial charge in [0.15, 0.2) is 0 Å². The number of hydrogen-bond donors (Lipinski definition) is 0. The number of imidazole rings is 1. The molecule has 0 aliphatic carbocycles. The minimum Gasteiger partial charge on any atom is -0.459 e. The van der Waals surface area contributed by atoms with Crippen LogP contribution in [0.25, 0.3) is 0 Å². The Hall–Kier alpha value is -1.81. The lowest BCUT2D eigenvalue weighted by Crippen LogP contribution is -2.11. The predicted octanol–water partition coefficient (Wildman–Crippen LogP) is 3.65. The van der Waals surface area contributed by atoms with Gasteiger partial charge in [0.05, 0.1) is 11.7 Å². The number of aromatic nitrogens is 2. The topological polar surface area (TPSA) is 44.1 Å². The third-order valence-electron chi connectivity index (χ3n) is 3.18. The summed E-state index contributed by atoms with van der Waals surface area (Å²) < 4.78 is 7.22. The minimum absolute atomic E-state index is 0.139. The summed E-state index contributed by atoms with van der Waals surface area (Å²) in [5.74, 6) is 0.632. The average molecular weight is 307 g/mol. The standard InChI is InChI=1S/C16H19ClN2O2/c1-11(2)21-16(20)14-5-4-13(15(17)10-14)6-8-19-9-7-18-12(19)3/h4-5,7,9-11H,6,8H2,1-3H3. The highest BCUT2D eigenvalue weighted by Crippen LogP contribution is 2.20. The largest absolute Gasteiger partial charge is 0.459 e. The Morgan fingerprint density at radius 2 is 2.19 bits per heavy atom. The van der Waals surface area contributed by atoms with E-state index in [0.717, 1.165) is 24.4 Å². The Bertz CT molecular complexity index is 635. The zero-order valence-corrected chi connectivity index (χ0v) is 13.2. The summed E-state index contributed by atoms with van der Waals surface area (Å²) in [6, 6.07) is 5.31. The summed E-state index contributed by atoms with van der Waals surface area (Å²) in [6.07, 6.45) is 4.37. The van der Waals surface area contributed by atoms with Gasteiger partial charge in [-0.15, -0.1) is 0 Å². The van der Waals surface area contributed by atoms with E-state index in [9.17, 15) is 4.79 Å². The third-order valence-corrected chi connectivity index (χ3v) is 3.53. The zero-order chi connectivity index (χ0) is 15.4. The van der Waals surface area contributed by atoms with E-state index in [2.05, 4.69) is 9.55 Å². The average Bonchev–Trinajstić information content (AvgIpc) is 2.82.